The molecule has 0 spiro atoms. The number of amides is 1. The lowest BCUT2D eigenvalue weighted by Crippen LogP contribution is -2.38. The topological polar surface area (TPSA) is 72.4 Å². The van der Waals surface area contributed by atoms with E-state index in [4.69, 9.17) is 10.3 Å². The molecule has 0 aliphatic carbocycles. The zero-order chi connectivity index (χ0) is 16.6. The maximum atomic E-state index is 13.6. The lowest BCUT2D eigenvalue weighted by atomic mass is 9.91. The van der Waals surface area contributed by atoms with Crippen LogP contribution in [0.2, 0.25) is 0 Å². The molecule has 1 saturated heterocycles. The Bertz CT molecular complexity index is 733. The Morgan fingerprint density at radius 2 is 2.04 bits per heavy atom. The minimum absolute atomic E-state index is 0.126. The molecular weight excluding hydrogens is 297 g/mol. The Balaban J connectivity index is 1.67. The quantitative estimate of drug-likeness (QED) is 0.924. The molecule has 1 aromatic heterocycles. The van der Waals surface area contributed by atoms with Gasteiger partial charge < -0.3 is 15.2 Å². The summed E-state index contributed by atoms with van der Waals surface area (Å²) >= 11 is 0. The van der Waals surface area contributed by atoms with Gasteiger partial charge in [0.25, 0.3) is 5.91 Å². The van der Waals surface area contributed by atoms with Crippen molar-refractivity contribution in [2.24, 2.45) is 0 Å². The second-order valence-corrected chi connectivity index (χ2v) is 6.09. The molecule has 0 bridgehead atoms. The summed E-state index contributed by atoms with van der Waals surface area (Å²) in [4.78, 5) is 14.2. The van der Waals surface area contributed by atoms with Crippen molar-refractivity contribution in [3.63, 3.8) is 0 Å². The number of nitrogens with zero attached hydrogens (tertiary/aromatic N) is 2. The van der Waals surface area contributed by atoms with Gasteiger partial charge in [0.05, 0.1) is 5.69 Å². The Morgan fingerprint density at radius 3 is 2.61 bits per heavy atom. The number of aromatic nitrogens is 1. The Kier molecular flexibility index (Phi) is 4.07. The van der Waals surface area contributed by atoms with Crippen molar-refractivity contribution in [2.75, 3.05) is 18.8 Å². The highest BCUT2D eigenvalue weighted by molar-refractivity contribution is 5.94. The lowest BCUT2D eigenvalue weighted by molar-refractivity contribution is 0.0711. The molecule has 1 aromatic carbocycles. The van der Waals surface area contributed by atoms with E-state index in [-0.39, 0.29) is 17.6 Å². The number of carbonyl (C=O) groups excluding carboxylic acids is 1. The van der Waals surface area contributed by atoms with Crippen molar-refractivity contribution in [2.45, 2.75) is 32.6 Å². The van der Waals surface area contributed by atoms with Gasteiger partial charge >= 0.3 is 0 Å². The van der Waals surface area contributed by atoms with E-state index in [0.29, 0.717) is 30.1 Å². The Hall–Kier alpha value is -2.37. The van der Waals surface area contributed by atoms with Gasteiger partial charge in [-0.1, -0.05) is 11.2 Å². The SMILES string of the molecule is Cc1ccc(C(=O)N2CCC(c3noc(N)c3C)CC2)cc1F. The highest BCUT2D eigenvalue weighted by Gasteiger charge is 2.28. The van der Waals surface area contributed by atoms with E-state index in [1.165, 1.54) is 6.07 Å². The maximum Gasteiger partial charge on any atom is 0.253 e. The van der Waals surface area contributed by atoms with Crippen LogP contribution in [0.25, 0.3) is 0 Å². The molecule has 1 aliphatic heterocycles. The lowest BCUT2D eigenvalue weighted by Gasteiger charge is -2.31. The third-order valence-corrected chi connectivity index (χ3v) is 4.58. The predicted molar refractivity (Wildman–Crippen MR) is 84.7 cm³/mol. The van der Waals surface area contributed by atoms with Crippen molar-refractivity contribution in [3.8, 4) is 0 Å². The number of likely N-dealkylation sites (tertiary alicyclic amines) is 1. The monoisotopic (exact) mass is 317 g/mol. The number of hydrogen-bond donors (Lipinski definition) is 1. The molecule has 2 N–H and O–H groups in total. The zero-order valence-corrected chi connectivity index (χ0v) is 13.3. The number of benzene rings is 1. The summed E-state index contributed by atoms with van der Waals surface area (Å²) in [5.41, 5.74) is 8.40. The minimum atomic E-state index is -0.348. The molecule has 0 unspecified atom stereocenters. The first-order valence-electron chi connectivity index (χ1n) is 7.74. The van der Waals surface area contributed by atoms with Crippen molar-refractivity contribution < 1.29 is 13.7 Å². The second-order valence-electron chi connectivity index (χ2n) is 6.09. The molecule has 23 heavy (non-hydrogen) atoms. The Morgan fingerprint density at radius 1 is 1.35 bits per heavy atom. The molecule has 0 saturated carbocycles. The first-order valence-corrected chi connectivity index (χ1v) is 7.74. The van der Waals surface area contributed by atoms with Gasteiger partial charge in [-0.25, -0.2) is 4.39 Å². The molecule has 3 rings (SSSR count). The van der Waals surface area contributed by atoms with E-state index in [9.17, 15) is 9.18 Å². The van der Waals surface area contributed by atoms with E-state index < -0.39 is 0 Å². The van der Waals surface area contributed by atoms with Crippen LogP contribution < -0.4 is 5.73 Å². The fraction of sp³-hybridized carbons (Fsp3) is 0.412. The number of nitrogens with two attached hydrogens (primary N) is 1. The first-order chi connectivity index (χ1) is 11.0. The minimum Gasteiger partial charge on any atom is -0.367 e. The van der Waals surface area contributed by atoms with Crippen LogP contribution in [0, 0.1) is 19.7 Å². The Labute approximate surface area is 134 Å². The van der Waals surface area contributed by atoms with E-state index in [1.807, 2.05) is 6.92 Å². The van der Waals surface area contributed by atoms with Crippen LogP contribution in [-0.4, -0.2) is 29.1 Å². The number of carbonyl (C=O) groups is 1. The van der Waals surface area contributed by atoms with Gasteiger partial charge in [0.2, 0.25) is 5.88 Å². The number of piperidine rings is 1. The molecule has 2 aromatic rings. The average Bonchev–Trinajstić information content (AvgIpc) is 2.89. The van der Waals surface area contributed by atoms with Crippen molar-refractivity contribution in [3.05, 3.63) is 46.4 Å². The number of halogens is 1. The van der Waals surface area contributed by atoms with E-state index in [1.54, 1.807) is 24.0 Å². The summed E-state index contributed by atoms with van der Waals surface area (Å²) in [5, 5.41) is 4.04. The van der Waals surface area contributed by atoms with Crippen LogP contribution >= 0.6 is 0 Å². The molecule has 1 amide bonds. The van der Waals surface area contributed by atoms with Gasteiger partial charge in [0.1, 0.15) is 5.82 Å². The third kappa shape index (κ3) is 2.93. The molecule has 0 radical (unpaired) electrons. The summed E-state index contributed by atoms with van der Waals surface area (Å²) < 4.78 is 18.7. The summed E-state index contributed by atoms with van der Waals surface area (Å²) in [7, 11) is 0. The van der Waals surface area contributed by atoms with Gasteiger partial charge in [0.15, 0.2) is 0 Å². The van der Waals surface area contributed by atoms with Gasteiger partial charge in [0, 0.05) is 30.1 Å². The number of anilines is 1. The molecule has 1 aliphatic rings. The van der Waals surface area contributed by atoms with Crippen LogP contribution in [-0.2, 0) is 0 Å². The van der Waals surface area contributed by atoms with E-state index in [2.05, 4.69) is 5.16 Å². The average molecular weight is 317 g/mol. The summed E-state index contributed by atoms with van der Waals surface area (Å²) in [6.45, 7) is 4.81. The van der Waals surface area contributed by atoms with E-state index >= 15 is 0 Å². The molecule has 2 heterocycles. The van der Waals surface area contributed by atoms with Gasteiger partial charge in [-0.05, 0) is 44.4 Å². The van der Waals surface area contributed by atoms with Crippen LogP contribution in [0.5, 0.6) is 0 Å². The van der Waals surface area contributed by atoms with E-state index in [0.717, 1.165) is 24.1 Å². The summed E-state index contributed by atoms with van der Waals surface area (Å²) in [5.74, 6) is 0.127. The smallest absolute Gasteiger partial charge is 0.253 e. The predicted octanol–water partition coefficient (Wildman–Crippen LogP) is 3.03. The van der Waals surface area contributed by atoms with Crippen LogP contribution in [0.1, 0.15) is 45.9 Å². The fourth-order valence-corrected chi connectivity index (χ4v) is 3.01. The van der Waals surface area contributed by atoms with Crippen LogP contribution in [0.3, 0.4) is 0 Å². The largest absolute Gasteiger partial charge is 0.367 e. The third-order valence-electron chi connectivity index (χ3n) is 4.58. The normalized spacial score (nSPS) is 15.9. The van der Waals surface area contributed by atoms with Crippen LogP contribution in [0.4, 0.5) is 10.3 Å². The standard InChI is InChI=1S/C17H20FN3O2/c1-10-3-4-13(9-14(10)18)17(22)21-7-5-12(6-8-21)15-11(2)16(19)23-20-15/h3-4,9,12H,5-8,19H2,1-2H3. The second kappa shape index (κ2) is 6.02. The number of hydrogen-bond acceptors (Lipinski definition) is 4. The maximum absolute atomic E-state index is 13.6. The summed E-state index contributed by atoms with van der Waals surface area (Å²) in [6.07, 6.45) is 1.60. The first kappa shape index (κ1) is 15.5. The highest BCUT2D eigenvalue weighted by atomic mass is 19.1. The molecule has 5 nitrogen and oxygen atoms in total. The van der Waals surface area contributed by atoms with Crippen LogP contribution in [0.15, 0.2) is 22.7 Å². The highest BCUT2D eigenvalue weighted by Crippen LogP contribution is 2.31. The van der Waals surface area contributed by atoms with Crippen molar-refractivity contribution in [1.82, 2.24) is 10.1 Å². The van der Waals surface area contributed by atoms with Crippen molar-refractivity contribution >= 4 is 11.8 Å². The molecular formula is C17H20FN3O2. The number of rotatable bonds is 2. The fourth-order valence-electron chi connectivity index (χ4n) is 3.01. The van der Waals surface area contributed by atoms with Crippen molar-refractivity contribution in [1.29, 1.82) is 0 Å². The molecule has 122 valence electrons. The number of aryl methyl sites for hydroxylation is 1. The van der Waals surface area contributed by atoms with Gasteiger partial charge in [-0.2, -0.15) is 0 Å². The molecule has 6 heteroatoms. The zero-order valence-electron chi connectivity index (χ0n) is 13.3. The number of nitrogen functional groups attached to an aromatic ring is 1. The molecule has 1 fully saturated rings. The summed E-state index contributed by atoms with van der Waals surface area (Å²) in [6, 6.07) is 4.62. The molecule has 0 atom stereocenters. The van der Waals surface area contributed by atoms with Gasteiger partial charge in [-0.3, -0.25) is 4.79 Å². The van der Waals surface area contributed by atoms with Gasteiger partial charge in [-0.15, -0.1) is 0 Å².